The third-order valence-corrected chi connectivity index (χ3v) is 3.55. The van der Waals surface area contributed by atoms with Crippen molar-refractivity contribution in [3.05, 3.63) is 52.5 Å². The Morgan fingerprint density at radius 1 is 1.16 bits per heavy atom. The number of halogens is 1. The SMILES string of the molecule is COc1ccccc1N(C)c1ccc(C=O)cc1Br. The van der Waals surface area contributed by atoms with Crippen LogP contribution in [0.2, 0.25) is 0 Å². The van der Waals surface area contributed by atoms with Crippen molar-refractivity contribution in [1.82, 2.24) is 0 Å². The largest absolute Gasteiger partial charge is 0.495 e. The summed E-state index contributed by atoms with van der Waals surface area (Å²) >= 11 is 3.49. The van der Waals surface area contributed by atoms with Crippen LogP contribution >= 0.6 is 15.9 Å². The van der Waals surface area contributed by atoms with E-state index in [0.717, 1.165) is 27.9 Å². The Morgan fingerprint density at radius 2 is 1.89 bits per heavy atom. The first-order chi connectivity index (χ1) is 9.17. The number of para-hydroxylation sites is 2. The van der Waals surface area contributed by atoms with Crippen molar-refractivity contribution in [3.8, 4) is 5.75 Å². The Balaban J connectivity index is 2.43. The van der Waals surface area contributed by atoms with Gasteiger partial charge in [0.15, 0.2) is 0 Å². The van der Waals surface area contributed by atoms with Gasteiger partial charge in [-0.25, -0.2) is 0 Å². The lowest BCUT2D eigenvalue weighted by Crippen LogP contribution is -2.11. The molecule has 0 saturated heterocycles. The molecule has 0 aliphatic rings. The van der Waals surface area contributed by atoms with Crippen LogP contribution in [0.5, 0.6) is 5.75 Å². The molecule has 0 N–H and O–H groups in total. The van der Waals surface area contributed by atoms with E-state index in [1.165, 1.54) is 0 Å². The maximum Gasteiger partial charge on any atom is 0.150 e. The summed E-state index contributed by atoms with van der Waals surface area (Å²) in [5.74, 6) is 0.802. The number of anilines is 2. The maximum absolute atomic E-state index is 10.8. The normalized spacial score (nSPS) is 10.1. The van der Waals surface area contributed by atoms with Crippen molar-refractivity contribution >= 4 is 33.6 Å². The molecule has 0 spiro atoms. The van der Waals surface area contributed by atoms with Crippen LogP contribution in [-0.4, -0.2) is 20.4 Å². The third kappa shape index (κ3) is 2.79. The zero-order valence-electron chi connectivity index (χ0n) is 10.8. The van der Waals surface area contributed by atoms with E-state index < -0.39 is 0 Å². The van der Waals surface area contributed by atoms with Crippen molar-refractivity contribution in [1.29, 1.82) is 0 Å². The van der Waals surface area contributed by atoms with Crippen LogP contribution < -0.4 is 9.64 Å². The lowest BCUT2D eigenvalue weighted by atomic mass is 10.2. The van der Waals surface area contributed by atoms with Gasteiger partial charge in [0, 0.05) is 17.1 Å². The Bertz CT molecular complexity index is 598. The highest BCUT2D eigenvalue weighted by molar-refractivity contribution is 9.10. The quantitative estimate of drug-likeness (QED) is 0.796. The standard InChI is InChI=1S/C15H14BrNO2/c1-17(14-5-3-4-6-15(14)19-2)13-8-7-11(10-18)9-12(13)16/h3-10H,1-2H3. The van der Waals surface area contributed by atoms with Gasteiger partial charge in [0.2, 0.25) is 0 Å². The molecular formula is C15H14BrNO2. The van der Waals surface area contributed by atoms with E-state index in [9.17, 15) is 4.79 Å². The van der Waals surface area contributed by atoms with Crippen molar-refractivity contribution < 1.29 is 9.53 Å². The lowest BCUT2D eigenvalue weighted by molar-refractivity contribution is 0.112. The topological polar surface area (TPSA) is 29.5 Å². The van der Waals surface area contributed by atoms with Gasteiger partial charge < -0.3 is 9.64 Å². The molecular weight excluding hydrogens is 306 g/mol. The molecule has 2 aromatic carbocycles. The van der Waals surface area contributed by atoms with Crippen molar-refractivity contribution in [2.24, 2.45) is 0 Å². The van der Waals surface area contributed by atoms with Gasteiger partial charge in [-0.15, -0.1) is 0 Å². The van der Waals surface area contributed by atoms with Gasteiger partial charge in [0.1, 0.15) is 12.0 Å². The molecule has 0 aliphatic heterocycles. The van der Waals surface area contributed by atoms with Crippen molar-refractivity contribution in [2.45, 2.75) is 0 Å². The first-order valence-electron chi connectivity index (χ1n) is 5.79. The molecule has 0 amide bonds. The third-order valence-electron chi connectivity index (χ3n) is 2.92. The fraction of sp³-hybridized carbons (Fsp3) is 0.133. The number of benzene rings is 2. The van der Waals surface area contributed by atoms with E-state index >= 15 is 0 Å². The van der Waals surface area contributed by atoms with Crippen LogP contribution in [0.15, 0.2) is 46.9 Å². The second-order valence-corrected chi connectivity index (χ2v) is 4.91. The lowest BCUT2D eigenvalue weighted by Gasteiger charge is -2.23. The summed E-state index contributed by atoms with van der Waals surface area (Å²) in [7, 11) is 3.61. The molecule has 0 aliphatic carbocycles. The molecule has 0 aromatic heterocycles. The van der Waals surface area contributed by atoms with Crippen molar-refractivity contribution in [3.63, 3.8) is 0 Å². The van der Waals surface area contributed by atoms with Gasteiger partial charge in [0.25, 0.3) is 0 Å². The second kappa shape index (κ2) is 5.89. The molecule has 98 valence electrons. The Kier molecular flexibility index (Phi) is 4.22. The number of methoxy groups -OCH3 is 1. The highest BCUT2D eigenvalue weighted by Crippen LogP contribution is 2.36. The number of ether oxygens (including phenoxy) is 1. The minimum Gasteiger partial charge on any atom is -0.495 e. The summed E-state index contributed by atoms with van der Waals surface area (Å²) in [4.78, 5) is 12.8. The van der Waals surface area contributed by atoms with Gasteiger partial charge in [-0.2, -0.15) is 0 Å². The summed E-state index contributed by atoms with van der Waals surface area (Å²) in [6.45, 7) is 0. The van der Waals surface area contributed by atoms with Crippen molar-refractivity contribution in [2.75, 3.05) is 19.1 Å². The highest BCUT2D eigenvalue weighted by Gasteiger charge is 2.12. The maximum atomic E-state index is 10.8. The molecule has 0 bridgehead atoms. The van der Waals surface area contributed by atoms with E-state index in [1.54, 1.807) is 19.2 Å². The predicted octanol–water partition coefficient (Wildman–Crippen LogP) is 4.04. The molecule has 4 heteroatoms. The van der Waals surface area contributed by atoms with Gasteiger partial charge >= 0.3 is 0 Å². The highest BCUT2D eigenvalue weighted by atomic mass is 79.9. The minimum absolute atomic E-state index is 0.643. The average molecular weight is 320 g/mol. The molecule has 0 fully saturated rings. The van der Waals surface area contributed by atoms with E-state index in [-0.39, 0.29) is 0 Å². The van der Waals surface area contributed by atoms with Crippen LogP contribution in [0.1, 0.15) is 10.4 Å². The summed E-state index contributed by atoms with van der Waals surface area (Å²) in [6, 6.07) is 13.3. The first-order valence-corrected chi connectivity index (χ1v) is 6.58. The number of aldehydes is 1. The van der Waals surface area contributed by atoms with Crippen LogP contribution in [-0.2, 0) is 0 Å². The van der Waals surface area contributed by atoms with Crippen LogP contribution in [0, 0.1) is 0 Å². The fourth-order valence-corrected chi connectivity index (χ4v) is 2.57. The summed E-state index contributed by atoms with van der Waals surface area (Å²) < 4.78 is 6.23. The number of hydrogen-bond donors (Lipinski definition) is 0. The van der Waals surface area contributed by atoms with Crippen LogP contribution in [0.3, 0.4) is 0 Å². The number of carbonyl (C=O) groups excluding carboxylic acids is 1. The van der Waals surface area contributed by atoms with E-state index in [4.69, 9.17) is 4.74 Å². The monoisotopic (exact) mass is 319 g/mol. The fourth-order valence-electron chi connectivity index (χ4n) is 1.91. The number of hydrogen-bond acceptors (Lipinski definition) is 3. The number of nitrogens with zero attached hydrogens (tertiary/aromatic N) is 1. The Morgan fingerprint density at radius 3 is 2.53 bits per heavy atom. The predicted molar refractivity (Wildman–Crippen MR) is 80.6 cm³/mol. The molecule has 3 nitrogen and oxygen atoms in total. The van der Waals surface area contributed by atoms with Crippen LogP contribution in [0.4, 0.5) is 11.4 Å². The number of carbonyl (C=O) groups is 1. The summed E-state index contributed by atoms with van der Waals surface area (Å²) in [5.41, 5.74) is 2.57. The Hall–Kier alpha value is -1.81. The van der Waals surface area contributed by atoms with Gasteiger partial charge in [0.05, 0.1) is 18.5 Å². The smallest absolute Gasteiger partial charge is 0.150 e. The molecule has 0 atom stereocenters. The zero-order valence-corrected chi connectivity index (χ0v) is 12.3. The minimum atomic E-state index is 0.643. The average Bonchev–Trinajstić information content (AvgIpc) is 2.46. The van der Waals surface area contributed by atoms with Gasteiger partial charge in [-0.3, -0.25) is 4.79 Å². The van der Waals surface area contributed by atoms with E-state index in [0.29, 0.717) is 5.56 Å². The molecule has 0 unspecified atom stereocenters. The van der Waals surface area contributed by atoms with Gasteiger partial charge in [-0.1, -0.05) is 12.1 Å². The molecule has 0 radical (unpaired) electrons. The summed E-state index contributed by atoms with van der Waals surface area (Å²) in [5, 5.41) is 0. The molecule has 2 rings (SSSR count). The first kappa shape index (κ1) is 13.6. The molecule has 19 heavy (non-hydrogen) atoms. The van der Waals surface area contributed by atoms with Gasteiger partial charge in [-0.05, 0) is 46.3 Å². The summed E-state index contributed by atoms with van der Waals surface area (Å²) in [6.07, 6.45) is 0.831. The Labute approximate surface area is 120 Å². The second-order valence-electron chi connectivity index (χ2n) is 4.06. The number of rotatable bonds is 4. The van der Waals surface area contributed by atoms with E-state index in [2.05, 4.69) is 15.9 Å². The van der Waals surface area contributed by atoms with E-state index in [1.807, 2.05) is 42.3 Å². The molecule has 0 saturated carbocycles. The zero-order chi connectivity index (χ0) is 13.8. The molecule has 0 heterocycles. The van der Waals surface area contributed by atoms with Crippen LogP contribution in [0.25, 0.3) is 0 Å². The molecule has 2 aromatic rings.